The molecule has 19 nitrogen and oxygen atoms in total. The van der Waals surface area contributed by atoms with Crippen LogP contribution in [0.1, 0.15) is 77.9 Å². The molecule has 0 saturated carbocycles. The monoisotopic (exact) mass is 1000 g/mol. The summed E-state index contributed by atoms with van der Waals surface area (Å²) in [6, 6.07) is 12.5. The van der Waals surface area contributed by atoms with Crippen LogP contribution >= 0.6 is 23.2 Å². The Balaban J connectivity index is 0.830. The standard InChI is InChI=1S/C50H49Cl2N11O8/c1-57-26-32(52)24-36(46(57)67)63-41(30-12-14-31(51)15-13-30)42-39(47(63)68)55-43(33-25-53-48(71-4)56-45(33)70-3)61(42)21-7-11-38(65)60-27-50(28-60)18-22-59(23-19-50)20-6-9-29-8-5-10-34-40(29)58(2)49(69)62(34)35-16-17-37(64)54-44(35)66/h5,8,10,12-15,24-26,35,41H,7,11,16-23,27-28H2,1-4H3,(H,54,64,66)/t35?,41-/m1/s1. The summed E-state index contributed by atoms with van der Waals surface area (Å²) in [7, 11) is 6.13. The smallest absolute Gasteiger partial charge is 0.329 e. The number of ether oxygens (including phenoxy) is 2. The summed E-state index contributed by atoms with van der Waals surface area (Å²) in [5.41, 5.74) is 2.92. The van der Waals surface area contributed by atoms with Crippen LogP contribution in [-0.2, 0) is 35.0 Å². The van der Waals surface area contributed by atoms with Gasteiger partial charge in [0.25, 0.3) is 11.5 Å². The molecule has 0 bridgehead atoms. The van der Waals surface area contributed by atoms with Crippen molar-refractivity contribution in [3.05, 3.63) is 114 Å². The van der Waals surface area contributed by atoms with Gasteiger partial charge in [-0.3, -0.25) is 48.2 Å². The molecule has 4 amide bonds. The van der Waals surface area contributed by atoms with E-state index < -0.39 is 29.5 Å². The van der Waals surface area contributed by atoms with Crippen molar-refractivity contribution in [2.75, 3.05) is 51.8 Å². The third kappa shape index (κ3) is 8.53. The van der Waals surface area contributed by atoms with Crippen LogP contribution in [0.2, 0.25) is 10.0 Å². The minimum absolute atomic E-state index is 0.0250. The molecule has 4 aliphatic rings. The highest BCUT2D eigenvalue weighted by Crippen LogP contribution is 2.45. The quantitative estimate of drug-likeness (QED) is 0.141. The fourth-order valence-electron chi connectivity index (χ4n) is 10.5. The first-order chi connectivity index (χ1) is 34.2. The van der Waals surface area contributed by atoms with E-state index in [1.807, 2.05) is 21.6 Å². The molecule has 1 unspecified atom stereocenters. The number of rotatable bonds is 11. The van der Waals surface area contributed by atoms with Gasteiger partial charge in [0.2, 0.25) is 23.6 Å². The van der Waals surface area contributed by atoms with Crippen LogP contribution in [0, 0.1) is 17.3 Å². The Bertz CT molecular complexity index is 3350. The number of likely N-dealkylation sites (tertiary alicyclic amines) is 2. The lowest BCUT2D eigenvalue weighted by atomic mass is 9.72. The molecule has 4 aliphatic heterocycles. The summed E-state index contributed by atoms with van der Waals surface area (Å²) in [6.45, 7) is 3.77. The van der Waals surface area contributed by atoms with E-state index in [2.05, 4.69) is 32.0 Å². The van der Waals surface area contributed by atoms with Crippen LogP contribution < -0.4 is 30.9 Å². The second-order valence-corrected chi connectivity index (χ2v) is 19.3. The van der Waals surface area contributed by atoms with Crippen molar-refractivity contribution >= 4 is 63.6 Å². The SMILES string of the molecule is COc1ncc(-c2nc3c(n2CCCC(=O)N2CC4(CCN(CC#Cc5cccc6c5n(C)c(=O)n6C5CCC(=O)NC5=O)CC4)C2)[C@@H](c2ccc(Cl)cc2)N(c2cc(Cl)cn(C)c2=O)C3=O)c(OC)n1. The van der Waals surface area contributed by atoms with E-state index >= 15 is 0 Å². The Morgan fingerprint density at radius 3 is 2.44 bits per heavy atom. The second kappa shape index (κ2) is 18.8. The van der Waals surface area contributed by atoms with Gasteiger partial charge in [-0.1, -0.05) is 53.2 Å². The number of hydrogen-bond donors (Lipinski definition) is 1. The lowest BCUT2D eigenvalue weighted by molar-refractivity contribution is -0.146. The van der Waals surface area contributed by atoms with Crippen molar-refractivity contribution < 1.29 is 28.7 Å². The summed E-state index contributed by atoms with van der Waals surface area (Å²) in [5.74, 6) is 5.77. The molecule has 10 rings (SSSR count). The maximum atomic E-state index is 14.6. The van der Waals surface area contributed by atoms with Crippen molar-refractivity contribution in [2.24, 2.45) is 19.5 Å². The predicted molar refractivity (Wildman–Crippen MR) is 263 cm³/mol. The van der Waals surface area contributed by atoms with Gasteiger partial charge in [-0.05, 0) is 74.7 Å². The number of nitrogens with zero attached hydrogens (tertiary/aromatic N) is 10. The van der Waals surface area contributed by atoms with Crippen LogP contribution in [0.4, 0.5) is 5.69 Å². The number of nitrogens with one attached hydrogen (secondary N) is 1. The van der Waals surface area contributed by atoms with Gasteiger partial charge in [0, 0.05) is 69.4 Å². The summed E-state index contributed by atoms with van der Waals surface area (Å²) < 4.78 is 17.1. The number of imidazole rings is 2. The third-order valence-electron chi connectivity index (χ3n) is 14.1. The number of halogens is 2. The lowest BCUT2D eigenvalue weighted by Crippen LogP contribution is -2.61. The largest absolute Gasteiger partial charge is 0.480 e. The Labute approximate surface area is 416 Å². The molecule has 1 spiro atoms. The third-order valence-corrected chi connectivity index (χ3v) is 14.6. The van der Waals surface area contributed by atoms with Crippen LogP contribution in [0.15, 0.2) is 70.5 Å². The van der Waals surface area contributed by atoms with Gasteiger partial charge in [0.05, 0.1) is 53.6 Å². The zero-order chi connectivity index (χ0) is 49.9. The number of benzene rings is 2. The highest BCUT2D eigenvalue weighted by molar-refractivity contribution is 6.31. The molecule has 4 aromatic heterocycles. The molecular weight excluding hydrogens is 954 g/mol. The van der Waals surface area contributed by atoms with Gasteiger partial charge in [-0.2, -0.15) is 4.98 Å². The van der Waals surface area contributed by atoms with Gasteiger partial charge in [-0.25, -0.2) is 14.8 Å². The maximum Gasteiger partial charge on any atom is 0.329 e. The molecule has 21 heteroatoms. The zero-order valence-corrected chi connectivity index (χ0v) is 40.9. The van der Waals surface area contributed by atoms with E-state index in [1.54, 1.807) is 44.4 Å². The Morgan fingerprint density at radius 2 is 1.72 bits per heavy atom. The molecule has 8 heterocycles. The predicted octanol–water partition coefficient (Wildman–Crippen LogP) is 4.50. The zero-order valence-electron chi connectivity index (χ0n) is 39.4. The summed E-state index contributed by atoms with van der Waals surface area (Å²) in [4.78, 5) is 99.3. The number of methoxy groups -OCH3 is 2. The number of hydrogen-bond acceptors (Lipinski definition) is 12. The maximum absolute atomic E-state index is 14.6. The normalized spacial score (nSPS) is 18.6. The number of aromatic nitrogens is 7. The van der Waals surface area contributed by atoms with E-state index in [9.17, 15) is 28.8 Å². The van der Waals surface area contributed by atoms with Gasteiger partial charge >= 0.3 is 11.7 Å². The highest BCUT2D eigenvalue weighted by atomic mass is 35.5. The number of carbonyl (C=O) groups is 4. The lowest BCUT2D eigenvalue weighted by Gasteiger charge is -2.54. The molecule has 0 aliphatic carbocycles. The number of anilines is 1. The van der Waals surface area contributed by atoms with Crippen molar-refractivity contribution in [3.63, 3.8) is 0 Å². The number of imide groups is 1. The molecular formula is C50H49Cl2N11O8. The number of amides is 4. The average molecular weight is 1000 g/mol. The molecule has 2 aromatic carbocycles. The molecule has 2 atom stereocenters. The molecule has 3 fully saturated rings. The number of carbonyl (C=O) groups excluding carboxylic acids is 4. The summed E-state index contributed by atoms with van der Waals surface area (Å²) in [5, 5.41) is 3.11. The molecule has 3 saturated heterocycles. The summed E-state index contributed by atoms with van der Waals surface area (Å²) in [6.07, 6.45) is 5.87. The van der Waals surface area contributed by atoms with E-state index in [1.165, 1.54) is 51.3 Å². The molecule has 366 valence electrons. The Kier molecular flexibility index (Phi) is 12.6. The van der Waals surface area contributed by atoms with E-state index in [4.69, 9.17) is 37.7 Å². The topological polar surface area (TPSA) is 201 Å². The van der Waals surface area contributed by atoms with Crippen molar-refractivity contribution in [2.45, 2.75) is 57.2 Å². The van der Waals surface area contributed by atoms with Crippen molar-refractivity contribution in [1.29, 1.82) is 0 Å². The van der Waals surface area contributed by atoms with E-state index in [0.717, 1.165) is 25.9 Å². The molecule has 0 radical (unpaired) electrons. The van der Waals surface area contributed by atoms with Gasteiger partial charge in [0.1, 0.15) is 23.6 Å². The first-order valence-electron chi connectivity index (χ1n) is 23.2. The number of para-hydroxylation sites is 1. The second-order valence-electron chi connectivity index (χ2n) is 18.5. The van der Waals surface area contributed by atoms with E-state index in [-0.39, 0.29) is 77.0 Å². The molecule has 6 aromatic rings. The number of fused-ring (bicyclic) bond motifs is 2. The van der Waals surface area contributed by atoms with Crippen molar-refractivity contribution in [3.8, 4) is 35.1 Å². The van der Waals surface area contributed by atoms with Crippen LogP contribution in [0.25, 0.3) is 22.4 Å². The summed E-state index contributed by atoms with van der Waals surface area (Å²) >= 11 is 12.8. The minimum Gasteiger partial charge on any atom is -0.480 e. The first-order valence-corrected chi connectivity index (χ1v) is 24.0. The number of pyridine rings is 1. The molecule has 71 heavy (non-hydrogen) atoms. The van der Waals surface area contributed by atoms with Crippen molar-refractivity contribution in [1.82, 2.24) is 48.3 Å². The van der Waals surface area contributed by atoms with Gasteiger partial charge in [-0.15, -0.1) is 0 Å². The van der Waals surface area contributed by atoms with Gasteiger partial charge in [0.15, 0.2) is 5.69 Å². The van der Waals surface area contributed by atoms with Crippen LogP contribution in [-0.4, -0.2) is 114 Å². The first kappa shape index (κ1) is 47.4. The Morgan fingerprint density at radius 1 is 0.958 bits per heavy atom. The fourth-order valence-corrected chi connectivity index (χ4v) is 10.9. The van der Waals surface area contributed by atoms with E-state index in [0.29, 0.717) is 70.3 Å². The number of aryl methyl sites for hydroxylation is 2. The Hall–Kier alpha value is -7.27. The minimum atomic E-state index is -0.834. The average Bonchev–Trinajstić information content (AvgIpc) is 3.95. The highest BCUT2D eigenvalue weighted by Gasteiger charge is 2.48. The number of piperidine rings is 2. The van der Waals surface area contributed by atoms with Crippen LogP contribution in [0.5, 0.6) is 11.9 Å². The van der Waals surface area contributed by atoms with Crippen LogP contribution in [0.3, 0.4) is 0 Å². The molecule has 1 N–H and O–H groups in total. The van der Waals surface area contributed by atoms with Gasteiger partial charge < -0.3 is 23.5 Å². The fraction of sp³-hybridized carbons (Fsp3) is 0.380.